The first-order valence-electron chi connectivity index (χ1n) is 10.7. The number of rotatable bonds is 10. The number of hydrogen-bond donors (Lipinski definition) is 4. The monoisotopic (exact) mass is 514 g/mol. The molecule has 0 unspecified atom stereocenters. The van der Waals surface area contributed by atoms with Crippen LogP contribution in [0, 0.1) is 6.92 Å². The van der Waals surface area contributed by atoms with Crippen LogP contribution in [0.5, 0.6) is 11.5 Å². The van der Waals surface area contributed by atoms with Gasteiger partial charge in [-0.1, -0.05) is 29.8 Å². The smallest absolute Gasteiger partial charge is 0.214 e. The average Bonchev–Trinajstić information content (AvgIpc) is 2.83. The van der Waals surface area contributed by atoms with Crippen molar-refractivity contribution in [2.75, 3.05) is 12.3 Å². The van der Waals surface area contributed by atoms with Crippen molar-refractivity contribution < 1.29 is 19.7 Å². The number of hydrogen-bond acceptors (Lipinski definition) is 6. The number of aryl methyl sites for hydroxylation is 1. The van der Waals surface area contributed by atoms with Crippen LogP contribution in [0.25, 0.3) is 0 Å². The van der Waals surface area contributed by atoms with E-state index in [2.05, 4.69) is 9.97 Å². The third-order valence-electron chi connectivity index (χ3n) is 5.08. The van der Waals surface area contributed by atoms with Crippen LogP contribution in [0.15, 0.2) is 65.3 Å². The fourth-order valence-electron chi connectivity index (χ4n) is 3.20. The standard InChI is InChI=1S/C25H27ClN4O4S/c1-16(30(15-32)14-18-13-28-17(2)29-24(18)27)23(10-11-31)35-25(33)21-9-8-20(12-22(21)26)34-19-6-4-3-5-7-19/h3-9,12-13,15,31,33,35H,10-11,14H2,1-2H3,(H2,27,28,29)/b23-16-. The maximum Gasteiger partial charge on any atom is 0.214 e. The van der Waals surface area contributed by atoms with Gasteiger partial charge in [0.1, 0.15) is 28.2 Å². The van der Waals surface area contributed by atoms with Crippen LogP contribution < -0.4 is 10.5 Å². The number of ether oxygens (including phenoxy) is 1. The highest BCUT2D eigenvalue weighted by molar-refractivity contribution is 8.02. The lowest BCUT2D eigenvalue weighted by molar-refractivity contribution is -0.116. The Morgan fingerprint density at radius 2 is 1.97 bits per heavy atom. The van der Waals surface area contributed by atoms with E-state index in [4.69, 9.17) is 22.1 Å². The number of aromatic nitrogens is 2. The first kappa shape index (κ1) is 26.4. The summed E-state index contributed by atoms with van der Waals surface area (Å²) in [5, 5.41) is 20.7. The quantitative estimate of drug-likeness (QED) is 0.177. The van der Waals surface area contributed by atoms with Crippen LogP contribution in [-0.2, 0) is 11.3 Å². The number of allylic oxidation sites excluding steroid dienone is 1. The summed E-state index contributed by atoms with van der Waals surface area (Å²) in [7, 11) is 0. The maximum absolute atomic E-state index is 11.9. The molecule has 0 aliphatic rings. The van der Waals surface area contributed by atoms with Gasteiger partial charge in [-0.2, -0.15) is 0 Å². The number of halogens is 1. The van der Waals surface area contributed by atoms with Crippen LogP contribution in [0.1, 0.15) is 30.3 Å². The molecular weight excluding hydrogens is 488 g/mol. The summed E-state index contributed by atoms with van der Waals surface area (Å²) in [5.74, 6) is 2.02. The van der Waals surface area contributed by atoms with Crippen molar-refractivity contribution in [2.45, 2.75) is 26.8 Å². The number of nitrogens with zero attached hydrogens (tertiary/aromatic N) is 3. The van der Waals surface area contributed by atoms with Gasteiger partial charge in [0.2, 0.25) is 6.41 Å². The van der Waals surface area contributed by atoms with Crippen molar-refractivity contribution in [1.29, 1.82) is 0 Å². The Labute approximate surface area is 212 Å². The van der Waals surface area contributed by atoms with E-state index in [1.54, 1.807) is 38.2 Å². The molecule has 2 aromatic carbocycles. The van der Waals surface area contributed by atoms with Crippen molar-refractivity contribution in [2.24, 2.45) is 0 Å². The minimum absolute atomic E-state index is 0.0203. The van der Waals surface area contributed by atoms with E-state index in [0.29, 0.717) is 61.8 Å². The molecule has 1 heterocycles. The fourth-order valence-corrected chi connectivity index (χ4v) is 4.59. The van der Waals surface area contributed by atoms with Gasteiger partial charge in [0, 0.05) is 47.0 Å². The molecule has 3 aromatic rings. The second-order valence-electron chi connectivity index (χ2n) is 7.56. The highest BCUT2D eigenvalue weighted by atomic mass is 35.5. The Hall–Kier alpha value is -3.24. The lowest BCUT2D eigenvalue weighted by Crippen LogP contribution is -2.22. The van der Waals surface area contributed by atoms with Crippen LogP contribution in [0.3, 0.4) is 0 Å². The molecule has 4 N–H and O–H groups in total. The molecule has 3 rings (SSSR count). The number of thiol groups is 1. The SMILES string of the molecule is C/C(=C(CCO)/[SH]=C(\O)c1ccc(Oc2ccccc2)cc1Cl)N(C=O)Cc1cnc(C)nc1N. The van der Waals surface area contributed by atoms with Crippen LogP contribution in [-0.4, -0.2) is 43.1 Å². The first-order chi connectivity index (χ1) is 16.8. The molecule has 0 radical (unpaired) electrons. The van der Waals surface area contributed by atoms with E-state index in [1.165, 1.54) is 4.90 Å². The summed E-state index contributed by atoms with van der Waals surface area (Å²) in [6.45, 7) is 3.46. The topological polar surface area (TPSA) is 122 Å². The maximum atomic E-state index is 11.9. The van der Waals surface area contributed by atoms with Gasteiger partial charge < -0.3 is 25.6 Å². The van der Waals surface area contributed by atoms with Gasteiger partial charge >= 0.3 is 0 Å². The largest absolute Gasteiger partial charge is 0.457 e. The van der Waals surface area contributed by atoms with Gasteiger partial charge in [0.05, 0.1) is 11.6 Å². The molecule has 0 aliphatic heterocycles. The van der Waals surface area contributed by atoms with E-state index < -0.39 is 0 Å². The predicted molar refractivity (Wildman–Crippen MR) is 141 cm³/mol. The molecule has 0 bridgehead atoms. The lowest BCUT2D eigenvalue weighted by atomic mass is 10.2. The molecule has 184 valence electrons. The molecule has 10 heteroatoms. The molecule has 1 amide bonds. The molecule has 0 atom stereocenters. The van der Waals surface area contributed by atoms with Crippen LogP contribution in [0.4, 0.5) is 5.82 Å². The van der Waals surface area contributed by atoms with Crippen molar-refractivity contribution in [3.63, 3.8) is 0 Å². The van der Waals surface area contributed by atoms with Crippen LogP contribution >= 0.6 is 23.0 Å². The number of nitrogens with two attached hydrogens (primary N) is 1. The zero-order valence-electron chi connectivity index (χ0n) is 19.3. The number of nitrogen functional groups attached to an aromatic ring is 1. The number of aliphatic hydroxyl groups is 2. The highest BCUT2D eigenvalue weighted by Crippen LogP contribution is 2.29. The van der Waals surface area contributed by atoms with E-state index in [0.717, 1.165) is 0 Å². The van der Waals surface area contributed by atoms with Gasteiger partial charge in [-0.15, -0.1) is 11.4 Å². The van der Waals surface area contributed by atoms with Gasteiger partial charge in [-0.25, -0.2) is 9.97 Å². The third kappa shape index (κ3) is 7.12. The predicted octanol–water partition coefficient (Wildman–Crippen LogP) is 4.59. The molecule has 35 heavy (non-hydrogen) atoms. The Balaban J connectivity index is 1.88. The van der Waals surface area contributed by atoms with Gasteiger partial charge in [-0.05, 0) is 38.1 Å². The summed E-state index contributed by atoms with van der Waals surface area (Å²) in [5.41, 5.74) is 7.56. The minimum atomic E-state index is -0.160. The molecule has 0 spiro atoms. The second-order valence-corrected chi connectivity index (χ2v) is 9.15. The minimum Gasteiger partial charge on any atom is -0.457 e. The van der Waals surface area contributed by atoms with Crippen molar-refractivity contribution in [3.8, 4) is 11.5 Å². The Bertz CT molecular complexity index is 1250. The zero-order valence-corrected chi connectivity index (χ0v) is 21.0. The summed E-state index contributed by atoms with van der Waals surface area (Å²) in [6, 6.07) is 14.3. The Morgan fingerprint density at radius 1 is 1.23 bits per heavy atom. The van der Waals surface area contributed by atoms with Crippen molar-refractivity contribution in [3.05, 3.63) is 87.3 Å². The molecule has 0 aliphatic carbocycles. The number of para-hydroxylation sites is 1. The van der Waals surface area contributed by atoms with Crippen LogP contribution in [0.2, 0.25) is 5.02 Å². The highest BCUT2D eigenvalue weighted by Gasteiger charge is 2.14. The molecule has 0 saturated carbocycles. The molecule has 1 aromatic heterocycles. The molecule has 0 saturated heterocycles. The number of carbonyl (C=O) groups is 1. The van der Waals surface area contributed by atoms with E-state index >= 15 is 0 Å². The molecule has 0 fully saturated rings. The third-order valence-corrected chi connectivity index (χ3v) is 6.67. The van der Waals surface area contributed by atoms with E-state index in [-0.39, 0.29) is 30.4 Å². The Kier molecular flexibility index (Phi) is 9.39. The number of amides is 1. The van der Waals surface area contributed by atoms with E-state index in [9.17, 15) is 15.0 Å². The van der Waals surface area contributed by atoms with Crippen molar-refractivity contribution >= 4 is 40.2 Å². The number of carbonyl (C=O) groups excluding carboxylic acids is 1. The summed E-state index contributed by atoms with van der Waals surface area (Å²) in [6.07, 6.45) is 2.49. The zero-order chi connectivity index (χ0) is 25.4. The average molecular weight is 515 g/mol. The number of benzene rings is 2. The van der Waals surface area contributed by atoms with Gasteiger partial charge in [0.25, 0.3) is 0 Å². The number of anilines is 1. The normalized spacial score (nSPS) is 12.4. The lowest BCUT2D eigenvalue weighted by Gasteiger charge is -2.21. The second kappa shape index (κ2) is 12.5. The number of aliphatic hydroxyl groups excluding tert-OH is 2. The molecule has 8 nitrogen and oxygen atoms in total. The summed E-state index contributed by atoms with van der Waals surface area (Å²) in [4.78, 5) is 22.2. The first-order valence-corrected chi connectivity index (χ1v) is 12.0. The summed E-state index contributed by atoms with van der Waals surface area (Å²) < 4.78 is 5.79. The van der Waals surface area contributed by atoms with Gasteiger partial charge in [0.15, 0.2) is 0 Å². The summed E-state index contributed by atoms with van der Waals surface area (Å²) >= 11 is 6.83. The van der Waals surface area contributed by atoms with Crippen molar-refractivity contribution in [1.82, 2.24) is 14.9 Å². The van der Waals surface area contributed by atoms with Gasteiger partial charge in [-0.3, -0.25) is 4.79 Å². The van der Waals surface area contributed by atoms with E-state index in [1.807, 2.05) is 30.3 Å². The molecular formula is C25H27ClN4O4S. The fraction of sp³-hybridized carbons (Fsp3) is 0.200. The Morgan fingerprint density at radius 3 is 2.60 bits per heavy atom.